The average Bonchev–Trinajstić information content (AvgIpc) is 3.00. The summed E-state index contributed by atoms with van der Waals surface area (Å²) >= 11 is 1.84. The van der Waals surface area contributed by atoms with Gasteiger partial charge in [-0.15, -0.1) is 24.8 Å². The summed E-state index contributed by atoms with van der Waals surface area (Å²) < 4.78 is 0. The predicted molar refractivity (Wildman–Crippen MR) is 83.3 cm³/mol. The van der Waals surface area contributed by atoms with Crippen LogP contribution in [0.25, 0.3) is 0 Å². The fourth-order valence-electron chi connectivity index (χ4n) is 2.62. The van der Waals surface area contributed by atoms with E-state index in [-0.39, 0.29) is 24.8 Å². The van der Waals surface area contributed by atoms with E-state index in [4.69, 9.17) is 0 Å². The van der Waals surface area contributed by atoms with Crippen molar-refractivity contribution in [1.82, 2.24) is 10.2 Å². The summed E-state index contributed by atoms with van der Waals surface area (Å²) in [6.07, 6.45) is 4.32. The molecule has 0 aromatic carbocycles. The van der Waals surface area contributed by atoms with Crippen LogP contribution in [0.2, 0.25) is 0 Å². The topological polar surface area (TPSA) is 15.3 Å². The molecule has 2 heterocycles. The monoisotopic (exact) mass is 308 g/mol. The van der Waals surface area contributed by atoms with Crippen molar-refractivity contribution in [2.45, 2.75) is 25.3 Å². The molecule has 0 spiro atoms. The van der Waals surface area contributed by atoms with E-state index in [2.05, 4.69) is 27.0 Å². The number of nitrogens with one attached hydrogen (secondary N) is 1. The molecule has 1 N–H and O–H groups in total. The Hall–Kier alpha value is 0.200. The van der Waals surface area contributed by atoms with Crippen LogP contribution in [0.1, 0.15) is 30.9 Å². The molecule has 1 saturated carbocycles. The number of nitrogens with zero attached hydrogens (tertiary/aromatic N) is 1. The number of hydrogen-bond donors (Lipinski definition) is 1. The zero-order chi connectivity index (χ0) is 10.8. The summed E-state index contributed by atoms with van der Waals surface area (Å²) in [5, 5.41) is 8.01. The molecule has 0 bridgehead atoms. The highest BCUT2D eigenvalue weighted by atomic mass is 35.5. The second kappa shape index (κ2) is 7.71. The highest BCUT2D eigenvalue weighted by molar-refractivity contribution is 7.07. The fourth-order valence-corrected chi connectivity index (χ4v) is 3.33. The van der Waals surface area contributed by atoms with Crippen molar-refractivity contribution in [3.8, 4) is 0 Å². The smallest absolute Gasteiger partial charge is 0.0360 e. The summed E-state index contributed by atoms with van der Waals surface area (Å²) in [5.41, 5.74) is 1.55. The van der Waals surface area contributed by atoms with E-state index in [1.807, 2.05) is 11.3 Å². The van der Waals surface area contributed by atoms with Crippen molar-refractivity contribution in [3.63, 3.8) is 0 Å². The van der Waals surface area contributed by atoms with E-state index in [1.54, 1.807) is 5.56 Å². The van der Waals surface area contributed by atoms with E-state index in [0.717, 1.165) is 19.0 Å². The Morgan fingerprint density at radius 1 is 1.28 bits per heavy atom. The predicted octanol–water partition coefficient (Wildman–Crippen LogP) is 3.34. The molecule has 2 nitrogen and oxygen atoms in total. The minimum Gasteiger partial charge on any atom is -0.314 e. The van der Waals surface area contributed by atoms with Gasteiger partial charge >= 0.3 is 0 Å². The Morgan fingerprint density at radius 3 is 2.56 bits per heavy atom. The molecule has 1 atom stereocenters. The van der Waals surface area contributed by atoms with Gasteiger partial charge in [-0.25, -0.2) is 0 Å². The van der Waals surface area contributed by atoms with Gasteiger partial charge in [-0.2, -0.15) is 11.3 Å². The summed E-state index contributed by atoms with van der Waals surface area (Å²) in [6, 6.07) is 3.01. The largest absolute Gasteiger partial charge is 0.314 e. The van der Waals surface area contributed by atoms with Crippen molar-refractivity contribution < 1.29 is 0 Å². The van der Waals surface area contributed by atoms with Crippen molar-refractivity contribution >= 4 is 36.2 Å². The van der Waals surface area contributed by atoms with E-state index in [1.165, 1.54) is 32.4 Å². The van der Waals surface area contributed by atoms with Crippen LogP contribution in [0.4, 0.5) is 0 Å². The quantitative estimate of drug-likeness (QED) is 0.918. The summed E-state index contributed by atoms with van der Waals surface area (Å²) in [4.78, 5) is 2.68. The lowest BCUT2D eigenvalue weighted by molar-refractivity contribution is 0.161. The Kier molecular flexibility index (Phi) is 6.96. The van der Waals surface area contributed by atoms with Gasteiger partial charge < -0.3 is 5.32 Å². The van der Waals surface area contributed by atoms with Gasteiger partial charge in [0.15, 0.2) is 0 Å². The fraction of sp³-hybridized carbons (Fsp3) is 0.692. The molecule has 0 radical (unpaired) electrons. The molecule has 0 amide bonds. The van der Waals surface area contributed by atoms with Gasteiger partial charge in [-0.1, -0.05) is 12.8 Å². The van der Waals surface area contributed by atoms with Crippen molar-refractivity contribution in [2.75, 3.05) is 26.2 Å². The van der Waals surface area contributed by atoms with E-state index in [0.29, 0.717) is 6.04 Å². The number of thiophene rings is 1. The lowest BCUT2D eigenvalue weighted by atomic mass is 10.0. The molecule has 1 aromatic heterocycles. The number of hydrogen-bond acceptors (Lipinski definition) is 3. The van der Waals surface area contributed by atoms with Gasteiger partial charge in [0.1, 0.15) is 0 Å². The zero-order valence-electron chi connectivity index (χ0n) is 10.5. The lowest BCUT2D eigenvalue weighted by Gasteiger charge is -2.35. The third-order valence-electron chi connectivity index (χ3n) is 3.77. The molecule has 104 valence electrons. The first-order valence-electron chi connectivity index (χ1n) is 6.40. The van der Waals surface area contributed by atoms with Gasteiger partial charge in [-0.3, -0.25) is 4.90 Å². The number of rotatable bonds is 4. The van der Waals surface area contributed by atoms with Crippen LogP contribution in [0, 0.1) is 5.92 Å². The van der Waals surface area contributed by atoms with Crippen LogP contribution in [-0.2, 0) is 0 Å². The zero-order valence-corrected chi connectivity index (χ0v) is 13.0. The van der Waals surface area contributed by atoms with Gasteiger partial charge in [0.25, 0.3) is 0 Å². The molecule has 5 heteroatoms. The van der Waals surface area contributed by atoms with Gasteiger partial charge in [0, 0.05) is 32.2 Å². The van der Waals surface area contributed by atoms with Crippen molar-refractivity contribution in [3.05, 3.63) is 22.4 Å². The van der Waals surface area contributed by atoms with Crippen molar-refractivity contribution in [2.24, 2.45) is 5.92 Å². The highest BCUT2D eigenvalue weighted by Crippen LogP contribution is 2.40. The molecular weight excluding hydrogens is 287 g/mol. The molecule has 0 unspecified atom stereocenters. The second-order valence-electron chi connectivity index (χ2n) is 5.04. The number of piperazine rings is 1. The highest BCUT2D eigenvalue weighted by Gasteiger charge is 2.30. The van der Waals surface area contributed by atoms with Gasteiger partial charge in [0.05, 0.1) is 0 Å². The Balaban J connectivity index is 0.000000810. The molecule has 2 aliphatic rings. The SMILES string of the molecule is Cl.Cl.c1cc([C@H](CC2CC2)N2CCNCC2)cs1. The molecule has 3 rings (SSSR count). The second-order valence-corrected chi connectivity index (χ2v) is 5.82. The number of halogens is 2. The minimum absolute atomic E-state index is 0. The first kappa shape index (κ1) is 16.3. The normalized spacial score (nSPS) is 21.8. The standard InChI is InChI=1S/C13H20N2S.2ClH/c1-2-11(1)9-13(12-3-8-16-10-12)15-6-4-14-5-7-15;;/h3,8,10-11,13-14H,1-2,4-7,9H2;2*1H/t13-;;/m0../s1. The van der Waals surface area contributed by atoms with Crippen LogP contribution < -0.4 is 5.32 Å². The van der Waals surface area contributed by atoms with E-state index in [9.17, 15) is 0 Å². The minimum atomic E-state index is 0. The van der Waals surface area contributed by atoms with Crippen LogP contribution >= 0.6 is 36.2 Å². The lowest BCUT2D eigenvalue weighted by Crippen LogP contribution is -2.45. The van der Waals surface area contributed by atoms with E-state index >= 15 is 0 Å². The maximum Gasteiger partial charge on any atom is 0.0360 e. The Bertz CT molecular complexity index is 322. The van der Waals surface area contributed by atoms with Crippen LogP contribution in [0.15, 0.2) is 16.8 Å². The molecule has 1 aliphatic carbocycles. The molecule has 1 aliphatic heterocycles. The Morgan fingerprint density at radius 2 is 2.00 bits per heavy atom. The third-order valence-corrected chi connectivity index (χ3v) is 4.48. The van der Waals surface area contributed by atoms with Crippen LogP contribution in [0.3, 0.4) is 0 Å². The van der Waals surface area contributed by atoms with E-state index < -0.39 is 0 Å². The van der Waals surface area contributed by atoms with Gasteiger partial charge in [-0.05, 0) is 34.7 Å². The summed E-state index contributed by atoms with van der Waals surface area (Å²) in [5.74, 6) is 1.01. The third kappa shape index (κ3) is 4.10. The van der Waals surface area contributed by atoms with Crippen LogP contribution in [-0.4, -0.2) is 31.1 Å². The Labute approximate surface area is 126 Å². The first-order chi connectivity index (χ1) is 7.93. The summed E-state index contributed by atoms with van der Waals surface area (Å²) in [6.45, 7) is 4.75. The maximum absolute atomic E-state index is 3.44. The maximum atomic E-state index is 3.44. The average molecular weight is 309 g/mol. The molecule has 18 heavy (non-hydrogen) atoms. The van der Waals surface area contributed by atoms with Crippen molar-refractivity contribution in [1.29, 1.82) is 0 Å². The molecule has 2 fully saturated rings. The molecule has 1 aromatic rings. The molecular formula is C13H22Cl2N2S. The summed E-state index contributed by atoms with van der Waals surface area (Å²) in [7, 11) is 0. The molecule has 1 saturated heterocycles. The van der Waals surface area contributed by atoms with Crippen LogP contribution in [0.5, 0.6) is 0 Å². The first-order valence-corrected chi connectivity index (χ1v) is 7.34. The van der Waals surface area contributed by atoms with Gasteiger partial charge in [0.2, 0.25) is 0 Å².